The average molecular weight is 354 g/mol. The summed E-state index contributed by atoms with van der Waals surface area (Å²) in [5.74, 6) is 1.42. The fourth-order valence-electron chi connectivity index (χ4n) is 2.15. The molecule has 1 nitrogen and oxygen atoms in total. The molecule has 18 heavy (non-hydrogen) atoms. The van der Waals surface area contributed by atoms with Crippen molar-refractivity contribution in [2.45, 2.75) is 30.1 Å². The van der Waals surface area contributed by atoms with Crippen LogP contribution in [0.3, 0.4) is 0 Å². The van der Waals surface area contributed by atoms with E-state index in [2.05, 4.69) is 73.7 Å². The highest BCUT2D eigenvalue weighted by Crippen LogP contribution is 2.38. The van der Waals surface area contributed by atoms with Gasteiger partial charge in [0.25, 0.3) is 0 Å². The van der Waals surface area contributed by atoms with Crippen molar-refractivity contribution in [1.29, 1.82) is 0 Å². The smallest absolute Gasteiger partial charge is 0.119 e. The third-order valence-electron chi connectivity index (χ3n) is 3.62. The molecule has 0 aromatic heterocycles. The maximum absolute atomic E-state index is 5.34. The molecule has 0 aliphatic carbocycles. The number of fused-ring (bicyclic) bond motifs is 1. The monoisotopic (exact) mass is 354 g/mol. The summed E-state index contributed by atoms with van der Waals surface area (Å²) in [6, 6.07) is 12.8. The Hall–Kier alpha value is -0.770. The molecule has 1 unspecified atom stereocenters. The lowest BCUT2D eigenvalue weighted by Crippen LogP contribution is -2.19. The number of rotatable bonds is 3. The van der Waals surface area contributed by atoms with E-state index in [0.29, 0.717) is 5.92 Å². The zero-order chi connectivity index (χ0) is 13.3. The Bertz CT molecular complexity index is 555. The van der Waals surface area contributed by atoms with Gasteiger partial charge in [0.05, 0.1) is 7.11 Å². The van der Waals surface area contributed by atoms with E-state index in [-0.39, 0.29) is 3.42 Å². The van der Waals surface area contributed by atoms with E-state index in [9.17, 15) is 0 Å². The van der Waals surface area contributed by atoms with E-state index in [1.807, 2.05) is 6.07 Å². The van der Waals surface area contributed by atoms with E-state index in [0.717, 1.165) is 5.75 Å². The topological polar surface area (TPSA) is 9.23 Å². The van der Waals surface area contributed by atoms with Crippen LogP contribution >= 0.6 is 22.6 Å². The van der Waals surface area contributed by atoms with Gasteiger partial charge in [0.15, 0.2) is 0 Å². The molecule has 0 radical (unpaired) electrons. The number of ether oxygens (including phenoxy) is 1. The van der Waals surface area contributed by atoms with Crippen molar-refractivity contribution < 1.29 is 4.74 Å². The molecule has 0 heterocycles. The van der Waals surface area contributed by atoms with Crippen molar-refractivity contribution in [3.8, 4) is 5.75 Å². The molecule has 2 aromatic carbocycles. The van der Waals surface area contributed by atoms with Gasteiger partial charge in [-0.25, -0.2) is 0 Å². The second kappa shape index (κ2) is 5.08. The van der Waals surface area contributed by atoms with Gasteiger partial charge in [0, 0.05) is 3.42 Å². The first-order valence-electron chi connectivity index (χ1n) is 6.19. The molecular formula is C16H19IO. The summed E-state index contributed by atoms with van der Waals surface area (Å²) in [7, 11) is 1.72. The second-order valence-corrected chi connectivity index (χ2v) is 8.00. The van der Waals surface area contributed by atoms with Crippen LogP contribution in [-0.2, 0) is 0 Å². The standard InChI is InChI=1S/C16H19IO/c1-11(16(2,3)17)14-7-5-6-12-8-9-13(18-4)10-15(12)14/h5-11H,1-4H3. The quantitative estimate of drug-likeness (QED) is 0.546. The van der Waals surface area contributed by atoms with Crippen LogP contribution in [0.2, 0.25) is 0 Å². The van der Waals surface area contributed by atoms with Crippen LogP contribution in [0.4, 0.5) is 0 Å². The Balaban J connectivity index is 2.63. The zero-order valence-corrected chi connectivity index (χ0v) is 13.5. The molecule has 0 spiro atoms. The Morgan fingerprint density at radius 1 is 1.17 bits per heavy atom. The van der Waals surface area contributed by atoms with Crippen LogP contribution in [0, 0.1) is 0 Å². The maximum Gasteiger partial charge on any atom is 0.119 e. The van der Waals surface area contributed by atoms with Crippen molar-refractivity contribution >= 4 is 33.4 Å². The van der Waals surface area contributed by atoms with Gasteiger partial charge in [0.1, 0.15) is 5.75 Å². The van der Waals surface area contributed by atoms with Gasteiger partial charge in [-0.1, -0.05) is 67.6 Å². The zero-order valence-electron chi connectivity index (χ0n) is 11.3. The number of alkyl halides is 1. The molecule has 0 amide bonds. The number of hydrogen-bond donors (Lipinski definition) is 0. The van der Waals surface area contributed by atoms with Crippen molar-refractivity contribution in [2.75, 3.05) is 7.11 Å². The lowest BCUT2D eigenvalue weighted by molar-refractivity contribution is 0.415. The first-order valence-corrected chi connectivity index (χ1v) is 7.27. The molecule has 0 aliphatic rings. The predicted molar refractivity (Wildman–Crippen MR) is 87.0 cm³/mol. The van der Waals surface area contributed by atoms with E-state index in [1.54, 1.807) is 7.11 Å². The van der Waals surface area contributed by atoms with Gasteiger partial charge in [-0.05, 0) is 34.4 Å². The molecule has 0 saturated heterocycles. The Labute approximate surface area is 123 Å². The van der Waals surface area contributed by atoms with E-state index >= 15 is 0 Å². The minimum absolute atomic E-state index is 0.231. The second-order valence-electron chi connectivity index (χ2n) is 5.22. The summed E-state index contributed by atoms with van der Waals surface area (Å²) < 4.78 is 5.57. The minimum Gasteiger partial charge on any atom is -0.497 e. The summed E-state index contributed by atoms with van der Waals surface area (Å²) in [5.41, 5.74) is 1.39. The summed E-state index contributed by atoms with van der Waals surface area (Å²) in [4.78, 5) is 0. The third kappa shape index (κ3) is 2.63. The number of hydrogen-bond acceptors (Lipinski definition) is 1. The molecule has 1 atom stereocenters. The highest BCUT2D eigenvalue weighted by Gasteiger charge is 2.24. The highest BCUT2D eigenvalue weighted by atomic mass is 127. The van der Waals surface area contributed by atoms with Crippen molar-refractivity contribution in [3.63, 3.8) is 0 Å². The number of halogens is 1. The number of methoxy groups -OCH3 is 1. The van der Waals surface area contributed by atoms with Gasteiger partial charge >= 0.3 is 0 Å². The Kier molecular flexibility index (Phi) is 3.85. The number of benzene rings is 2. The van der Waals surface area contributed by atoms with Crippen molar-refractivity contribution in [3.05, 3.63) is 42.0 Å². The highest BCUT2D eigenvalue weighted by molar-refractivity contribution is 14.1. The van der Waals surface area contributed by atoms with Gasteiger partial charge < -0.3 is 4.74 Å². The van der Waals surface area contributed by atoms with Crippen molar-refractivity contribution in [2.24, 2.45) is 0 Å². The molecule has 0 fully saturated rings. The lowest BCUT2D eigenvalue weighted by atomic mass is 9.87. The van der Waals surface area contributed by atoms with Crippen LogP contribution in [0.25, 0.3) is 10.8 Å². The third-order valence-corrected chi connectivity index (χ3v) is 4.55. The fourth-order valence-corrected chi connectivity index (χ4v) is 2.49. The molecule has 96 valence electrons. The Morgan fingerprint density at radius 2 is 1.89 bits per heavy atom. The molecule has 2 rings (SSSR count). The molecule has 2 heteroatoms. The SMILES string of the molecule is COc1ccc2cccc(C(C)C(C)(C)I)c2c1. The van der Waals surface area contributed by atoms with E-state index in [1.165, 1.54) is 16.3 Å². The van der Waals surface area contributed by atoms with Crippen LogP contribution in [0.15, 0.2) is 36.4 Å². The van der Waals surface area contributed by atoms with E-state index < -0.39 is 0 Å². The summed E-state index contributed by atoms with van der Waals surface area (Å²) >= 11 is 2.53. The van der Waals surface area contributed by atoms with Gasteiger partial charge in [0.2, 0.25) is 0 Å². The summed E-state index contributed by atoms with van der Waals surface area (Å²) in [6.45, 7) is 6.84. The van der Waals surface area contributed by atoms with E-state index in [4.69, 9.17) is 4.74 Å². The summed E-state index contributed by atoms with van der Waals surface area (Å²) in [5, 5.41) is 2.58. The van der Waals surface area contributed by atoms with Crippen LogP contribution in [-0.4, -0.2) is 10.5 Å². The van der Waals surface area contributed by atoms with Gasteiger partial charge in [-0.15, -0.1) is 0 Å². The molecule has 0 aliphatic heterocycles. The van der Waals surface area contributed by atoms with Gasteiger partial charge in [-0.2, -0.15) is 0 Å². The average Bonchev–Trinajstić information content (AvgIpc) is 2.35. The molecule has 0 bridgehead atoms. The normalized spacial score (nSPS) is 13.6. The minimum atomic E-state index is 0.231. The van der Waals surface area contributed by atoms with Crippen LogP contribution < -0.4 is 4.74 Å². The lowest BCUT2D eigenvalue weighted by Gasteiger charge is -2.27. The van der Waals surface area contributed by atoms with Gasteiger partial charge in [-0.3, -0.25) is 0 Å². The molecule has 0 saturated carbocycles. The van der Waals surface area contributed by atoms with Crippen LogP contribution in [0.1, 0.15) is 32.3 Å². The Morgan fingerprint density at radius 3 is 2.50 bits per heavy atom. The molecule has 0 N–H and O–H groups in total. The van der Waals surface area contributed by atoms with Crippen molar-refractivity contribution in [1.82, 2.24) is 0 Å². The van der Waals surface area contributed by atoms with Crippen LogP contribution in [0.5, 0.6) is 5.75 Å². The largest absolute Gasteiger partial charge is 0.497 e. The maximum atomic E-state index is 5.34. The fraction of sp³-hybridized carbons (Fsp3) is 0.375. The first kappa shape index (κ1) is 13.7. The predicted octanol–water partition coefficient (Wildman–Crippen LogP) is 5.17. The molecule has 2 aromatic rings. The summed E-state index contributed by atoms with van der Waals surface area (Å²) in [6.07, 6.45) is 0. The molecular weight excluding hydrogens is 335 g/mol. The first-order chi connectivity index (χ1) is 8.43.